The molecule has 1 aliphatic heterocycles. The molecule has 0 spiro atoms. The van der Waals surface area contributed by atoms with Gasteiger partial charge < -0.3 is 14.2 Å². The molecule has 0 N–H and O–H groups in total. The minimum atomic E-state index is -0.0213. The first-order valence-electron chi connectivity index (χ1n) is 14.8. The Morgan fingerprint density at radius 3 is 1.79 bits per heavy atom. The maximum Gasteiger partial charge on any atom is 0.158 e. The van der Waals surface area contributed by atoms with Gasteiger partial charge in [-0.2, -0.15) is 0 Å². The maximum atomic E-state index is 5.98. The number of hydrogen-bond acceptors (Lipinski definition) is 3. The average molecular weight is 477 g/mol. The highest BCUT2D eigenvalue weighted by Gasteiger charge is 2.25. The molecule has 1 fully saturated rings. The summed E-state index contributed by atoms with van der Waals surface area (Å²) in [5.41, 5.74) is 1.21. The Morgan fingerprint density at radius 2 is 1.24 bits per heavy atom. The lowest BCUT2D eigenvalue weighted by Gasteiger charge is -2.14. The van der Waals surface area contributed by atoms with Crippen LogP contribution >= 0.6 is 0 Å². The summed E-state index contributed by atoms with van der Waals surface area (Å²) >= 11 is 0. The molecule has 2 atom stereocenters. The van der Waals surface area contributed by atoms with E-state index in [1.807, 2.05) is 32.0 Å². The first-order chi connectivity index (χ1) is 16.9. The summed E-state index contributed by atoms with van der Waals surface area (Å²) in [6, 6.07) is 10.3. The number of unbranched alkanes of at least 4 members (excludes halogenated alkanes) is 14. The van der Waals surface area contributed by atoms with E-state index in [9.17, 15) is 0 Å². The molecule has 3 heteroatoms. The average Bonchev–Trinajstić information content (AvgIpc) is 3.33. The van der Waals surface area contributed by atoms with Gasteiger partial charge in [0.2, 0.25) is 0 Å². The Balaban J connectivity index is 0.00000281. The van der Waals surface area contributed by atoms with Crippen molar-refractivity contribution in [2.45, 2.75) is 149 Å². The molecular formula is C31H56O3. The number of hydrogen-bond donors (Lipinski definition) is 0. The maximum absolute atomic E-state index is 5.98. The molecule has 1 aromatic carbocycles. The second-order valence-corrected chi connectivity index (χ2v) is 9.59. The van der Waals surface area contributed by atoms with Crippen LogP contribution in [0.1, 0.15) is 135 Å². The Kier molecular flexibility index (Phi) is 21.8. The first kappa shape index (κ1) is 31.1. The molecule has 2 unspecified atom stereocenters. The normalized spacial score (nSPS) is 17.5. The molecule has 0 saturated carbocycles. The van der Waals surface area contributed by atoms with Crippen LogP contribution in [0, 0.1) is 0 Å². The van der Waals surface area contributed by atoms with Crippen molar-refractivity contribution in [2.24, 2.45) is 0 Å². The van der Waals surface area contributed by atoms with Crippen molar-refractivity contribution >= 4 is 0 Å². The van der Waals surface area contributed by atoms with E-state index in [2.05, 4.69) is 19.1 Å². The Labute approximate surface area is 212 Å². The molecule has 34 heavy (non-hydrogen) atoms. The molecule has 1 saturated heterocycles. The van der Waals surface area contributed by atoms with Gasteiger partial charge in [-0.15, -0.1) is 0 Å². The van der Waals surface area contributed by atoms with E-state index < -0.39 is 0 Å². The third-order valence-electron chi connectivity index (χ3n) is 6.54. The van der Waals surface area contributed by atoms with Crippen LogP contribution in [-0.2, 0) is 20.8 Å². The highest BCUT2D eigenvalue weighted by atomic mass is 16.7. The molecule has 3 nitrogen and oxygen atoms in total. The Hall–Kier alpha value is -0.900. The van der Waals surface area contributed by atoms with Crippen LogP contribution < -0.4 is 0 Å². The zero-order chi connectivity index (χ0) is 24.5. The highest BCUT2D eigenvalue weighted by molar-refractivity contribution is 5.13. The van der Waals surface area contributed by atoms with Crippen molar-refractivity contribution in [3.05, 3.63) is 35.9 Å². The van der Waals surface area contributed by atoms with E-state index in [4.69, 9.17) is 14.2 Å². The largest absolute Gasteiger partial charge is 0.374 e. The summed E-state index contributed by atoms with van der Waals surface area (Å²) in [5, 5.41) is 0. The molecule has 198 valence electrons. The van der Waals surface area contributed by atoms with E-state index in [0.29, 0.717) is 13.2 Å². The van der Waals surface area contributed by atoms with Crippen LogP contribution in [-0.4, -0.2) is 25.6 Å². The van der Waals surface area contributed by atoms with Gasteiger partial charge >= 0.3 is 0 Å². The van der Waals surface area contributed by atoms with Crippen LogP contribution in [0.3, 0.4) is 0 Å². The molecular weight excluding hydrogens is 420 g/mol. The molecule has 0 radical (unpaired) electrons. The smallest absolute Gasteiger partial charge is 0.158 e. The van der Waals surface area contributed by atoms with E-state index in [0.717, 1.165) is 25.9 Å². The molecule has 0 aliphatic carbocycles. The molecule has 0 amide bonds. The number of benzene rings is 1. The third-order valence-corrected chi connectivity index (χ3v) is 6.54. The predicted octanol–water partition coefficient (Wildman–Crippen LogP) is 9.62. The monoisotopic (exact) mass is 476 g/mol. The predicted molar refractivity (Wildman–Crippen MR) is 146 cm³/mol. The fourth-order valence-corrected chi connectivity index (χ4v) is 4.49. The summed E-state index contributed by atoms with van der Waals surface area (Å²) in [4.78, 5) is 0. The van der Waals surface area contributed by atoms with Crippen molar-refractivity contribution in [2.75, 3.05) is 13.2 Å². The van der Waals surface area contributed by atoms with Gasteiger partial charge in [0.25, 0.3) is 0 Å². The van der Waals surface area contributed by atoms with Gasteiger partial charge in [-0.25, -0.2) is 0 Å². The van der Waals surface area contributed by atoms with E-state index in [1.54, 1.807) is 0 Å². The lowest BCUT2D eigenvalue weighted by molar-refractivity contribution is -0.145. The zero-order valence-corrected chi connectivity index (χ0v) is 22.9. The van der Waals surface area contributed by atoms with Crippen LogP contribution in [0.25, 0.3) is 0 Å². The van der Waals surface area contributed by atoms with Gasteiger partial charge in [0.05, 0.1) is 19.3 Å². The lowest BCUT2D eigenvalue weighted by atomic mass is 10.0. The Morgan fingerprint density at radius 1 is 0.706 bits per heavy atom. The van der Waals surface area contributed by atoms with Crippen molar-refractivity contribution < 1.29 is 14.2 Å². The summed E-state index contributed by atoms with van der Waals surface area (Å²) in [6.07, 6.45) is 23.1. The van der Waals surface area contributed by atoms with Crippen molar-refractivity contribution in [3.63, 3.8) is 0 Å². The molecule has 2 rings (SSSR count). The van der Waals surface area contributed by atoms with E-state index in [1.165, 1.54) is 95.5 Å². The van der Waals surface area contributed by atoms with Gasteiger partial charge in [-0.05, 0) is 18.4 Å². The quantitative estimate of drug-likeness (QED) is 0.165. The zero-order valence-electron chi connectivity index (χ0n) is 22.9. The fraction of sp³-hybridized carbons (Fsp3) is 0.806. The first-order valence-corrected chi connectivity index (χ1v) is 14.8. The fourth-order valence-electron chi connectivity index (χ4n) is 4.49. The molecule has 1 aliphatic rings. The van der Waals surface area contributed by atoms with Crippen molar-refractivity contribution in [1.82, 2.24) is 0 Å². The summed E-state index contributed by atoms with van der Waals surface area (Å²) in [6.45, 7) is 8.44. The van der Waals surface area contributed by atoms with Gasteiger partial charge in [-0.1, -0.05) is 141 Å². The van der Waals surface area contributed by atoms with Crippen LogP contribution in [0.15, 0.2) is 30.3 Å². The summed E-state index contributed by atoms with van der Waals surface area (Å²) in [5.74, 6) is 0. The second-order valence-electron chi connectivity index (χ2n) is 9.59. The molecule has 1 heterocycles. The van der Waals surface area contributed by atoms with E-state index in [-0.39, 0.29) is 12.4 Å². The SMILES string of the molecule is CC.CCCCCCCCCCCCCCCCCOC1CCC(COCc2ccccc2)O1. The van der Waals surface area contributed by atoms with Crippen molar-refractivity contribution in [1.29, 1.82) is 0 Å². The topological polar surface area (TPSA) is 27.7 Å². The number of ether oxygens (including phenoxy) is 3. The second kappa shape index (κ2) is 23.8. The van der Waals surface area contributed by atoms with E-state index >= 15 is 0 Å². The van der Waals surface area contributed by atoms with Gasteiger partial charge in [-0.3, -0.25) is 0 Å². The Bertz CT molecular complexity index is 519. The van der Waals surface area contributed by atoms with Gasteiger partial charge in [0, 0.05) is 13.0 Å². The van der Waals surface area contributed by atoms with Gasteiger partial charge in [0.15, 0.2) is 6.29 Å². The summed E-state index contributed by atoms with van der Waals surface area (Å²) in [7, 11) is 0. The van der Waals surface area contributed by atoms with Crippen LogP contribution in [0.2, 0.25) is 0 Å². The summed E-state index contributed by atoms with van der Waals surface area (Å²) < 4.78 is 17.7. The molecule has 1 aromatic rings. The van der Waals surface area contributed by atoms with Gasteiger partial charge in [0.1, 0.15) is 0 Å². The molecule has 0 bridgehead atoms. The van der Waals surface area contributed by atoms with Crippen LogP contribution in [0.5, 0.6) is 0 Å². The highest BCUT2D eigenvalue weighted by Crippen LogP contribution is 2.22. The minimum Gasteiger partial charge on any atom is -0.374 e. The number of rotatable bonds is 21. The minimum absolute atomic E-state index is 0.0213. The standard InChI is InChI=1S/C29H50O3.C2H6/c1-2-3-4-5-6-7-8-9-10-11-12-13-14-15-19-24-31-29-23-22-28(32-29)26-30-25-27-20-17-16-18-21-27;1-2/h16-18,20-21,28-29H,2-15,19,22-26H2,1H3;1-2H3. The third kappa shape index (κ3) is 17.5. The lowest BCUT2D eigenvalue weighted by Crippen LogP contribution is -2.19. The molecule has 0 aromatic heterocycles. The van der Waals surface area contributed by atoms with Crippen LogP contribution in [0.4, 0.5) is 0 Å². The van der Waals surface area contributed by atoms with Crippen molar-refractivity contribution in [3.8, 4) is 0 Å².